The first kappa shape index (κ1) is 18.9. The topological polar surface area (TPSA) is 29.3 Å². The van der Waals surface area contributed by atoms with Gasteiger partial charge in [-0.2, -0.15) is 0 Å². The molecule has 0 bridgehead atoms. The maximum atomic E-state index is 6.22. The van der Waals surface area contributed by atoms with Gasteiger partial charge in [-0.05, 0) is 45.6 Å². The lowest BCUT2D eigenvalue weighted by molar-refractivity contribution is 0.0361. The zero-order valence-corrected chi connectivity index (χ0v) is 14.3. The van der Waals surface area contributed by atoms with Gasteiger partial charge in [0.2, 0.25) is 0 Å². The fraction of sp³-hybridized carbons (Fsp3) is 1.00. The second-order valence-electron chi connectivity index (χ2n) is 6.49. The molecule has 0 aromatic heterocycles. The lowest BCUT2D eigenvalue weighted by Crippen LogP contribution is -2.57. The molecule has 19 heavy (non-hydrogen) atoms. The van der Waals surface area contributed by atoms with Gasteiger partial charge in [0.25, 0.3) is 0 Å². The number of rotatable bonds is 11. The summed E-state index contributed by atoms with van der Waals surface area (Å²) in [6.07, 6.45) is 7.58. The number of hydrogen-bond donors (Lipinski definition) is 1. The molecule has 2 atom stereocenters. The van der Waals surface area contributed by atoms with Crippen LogP contribution in [0.4, 0.5) is 0 Å². The van der Waals surface area contributed by atoms with Crippen LogP contribution in [0, 0.1) is 5.92 Å². The van der Waals surface area contributed by atoms with Crippen LogP contribution in [0.1, 0.15) is 80.1 Å². The highest BCUT2D eigenvalue weighted by Crippen LogP contribution is 2.30. The molecule has 2 nitrogen and oxygen atoms in total. The van der Waals surface area contributed by atoms with Crippen molar-refractivity contribution in [3.05, 3.63) is 0 Å². The highest BCUT2D eigenvalue weighted by molar-refractivity contribution is 4.93. The highest BCUT2D eigenvalue weighted by atomic mass is 15.2. The van der Waals surface area contributed by atoms with Gasteiger partial charge in [-0.3, -0.25) is 4.90 Å². The molecule has 0 rings (SSSR count). The van der Waals surface area contributed by atoms with E-state index >= 15 is 0 Å². The van der Waals surface area contributed by atoms with E-state index in [1.54, 1.807) is 0 Å². The standard InChI is InChI=1S/C17H38N2/c1-7-10-11-12-19(15(4)5)17(9-3,14-18)13-16(6)8-2/h15-16H,7-14,18H2,1-6H3. The van der Waals surface area contributed by atoms with Crippen LogP contribution in [0.3, 0.4) is 0 Å². The minimum absolute atomic E-state index is 0.206. The van der Waals surface area contributed by atoms with Crippen LogP contribution in [0.25, 0.3) is 0 Å². The Morgan fingerprint density at radius 3 is 2.05 bits per heavy atom. The Morgan fingerprint density at radius 2 is 1.68 bits per heavy atom. The fourth-order valence-electron chi connectivity index (χ4n) is 3.18. The van der Waals surface area contributed by atoms with Crippen molar-refractivity contribution >= 4 is 0 Å². The van der Waals surface area contributed by atoms with Gasteiger partial charge in [0.1, 0.15) is 0 Å². The smallest absolute Gasteiger partial charge is 0.0334 e. The Kier molecular flexibility index (Phi) is 9.72. The van der Waals surface area contributed by atoms with Gasteiger partial charge in [0.15, 0.2) is 0 Å². The van der Waals surface area contributed by atoms with Crippen LogP contribution in [-0.2, 0) is 0 Å². The van der Waals surface area contributed by atoms with Gasteiger partial charge in [-0.25, -0.2) is 0 Å². The first-order valence-electron chi connectivity index (χ1n) is 8.44. The normalized spacial score (nSPS) is 16.9. The monoisotopic (exact) mass is 270 g/mol. The first-order valence-corrected chi connectivity index (χ1v) is 8.44. The van der Waals surface area contributed by atoms with E-state index in [1.807, 2.05) is 0 Å². The molecule has 0 aromatic rings. The summed E-state index contributed by atoms with van der Waals surface area (Å²) < 4.78 is 0. The van der Waals surface area contributed by atoms with Gasteiger partial charge in [-0.1, -0.05) is 47.0 Å². The maximum Gasteiger partial charge on any atom is 0.0334 e. The molecule has 0 spiro atoms. The summed E-state index contributed by atoms with van der Waals surface area (Å²) in [6.45, 7) is 15.9. The van der Waals surface area contributed by atoms with Gasteiger partial charge >= 0.3 is 0 Å². The average Bonchev–Trinajstić information content (AvgIpc) is 2.41. The maximum absolute atomic E-state index is 6.22. The summed E-state index contributed by atoms with van der Waals surface area (Å²) in [5, 5.41) is 0. The summed E-state index contributed by atoms with van der Waals surface area (Å²) in [6, 6.07) is 0.587. The quantitative estimate of drug-likeness (QED) is 0.563. The molecule has 0 saturated carbocycles. The lowest BCUT2D eigenvalue weighted by Gasteiger charge is -2.47. The van der Waals surface area contributed by atoms with Gasteiger partial charge < -0.3 is 5.73 Å². The number of hydrogen-bond acceptors (Lipinski definition) is 2. The van der Waals surface area contributed by atoms with Crippen molar-refractivity contribution in [3.63, 3.8) is 0 Å². The van der Waals surface area contributed by atoms with Crippen molar-refractivity contribution in [2.45, 2.75) is 91.6 Å². The van der Waals surface area contributed by atoms with Crippen molar-refractivity contribution < 1.29 is 0 Å². The molecule has 0 aliphatic heterocycles. The Morgan fingerprint density at radius 1 is 1.05 bits per heavy atom. The molecule has 2 N–H and O–H groups in total. The Balaban J connectivity index is 4.92. The minimum Gasteiger partial charge on any atom is -0.329 e. The van der Waals surface area contributed by atoms with Crippen LogP contribution < -0.4 is 5.73 Å². The molecule has 0 fully saturated rings. The van der Waals surface area contributed by atoms with Gasteiger partial charge in [-0.15, -0.1) is 0 Å². The summed E-state index contributed by atoms with van der Waals surface area (Å²) in [4.78, 5) is 2.69. The SMILES string of the molecule is CCCCCN(C(C)C)C(CC)(CN)CC(C)CC. The predicted octanol–water partition coefficient (Wildman–Crippen LogP) is 4.43. The molecule has 0 aromatic carbocycles. The molecule has 0 radical (unpaired) electrons. The molecule has 116 valence electrons. The van der Waals surface area contributed by atoms with E-state index in [0.717, 1.165) is 18.9 Å². The lowest BCUT2D eigenvalue weighted by atomic mass is 9.82. The second-order valence-corrected chi connectivity index (χ2v) is 6.49. The van der Waals surface area contributed by atoms with Gasteiger partial charge in [0, 0.05) is 18.1 Å². The molecule has 0 heterocycles. The Hall–Kier alpha value is -0.0800. The zero-order valence-electron chi connectivity index (χ0n) is 14.3. The molecular weight excluding hydrogens is 232 g/mol. The third kappa shape index (κ3) is 5.83. The third-order valence-corrected chi connectivity index (χ3v) is 4.70. The fourth-order valence-corrected chi connectivity index (χ4v) is 3.18. The van der Waals surface area contributed by atoms with Crippen molar-refractivity contribution in [2.24, 2.45) is 11.7 Å². The minimum atomic E-state index is 0.206. The largest absolute Gasteiger partial charge is 0.329 e. The van der Waals surface area contributed by atoms with E-state index in [9.17, 15) is 0 Å². The molecular formula is C17H38N2. The highest BCUT2D eigenvalue weighted by Gasteiger charge is 2.35. The summed E-state index contributed by atoms with van der Waals surface area (Å²) >= 11 is 0. The van der Waals surface area contributed by atoms with Crippen molar-refractivity contribution in [1.29, 1.82) is 0 Å². The van der Waals surface area contributed by atoms with E-state index in [1.165, 1.54) is 38.6 Å². The third-order valence-electron chi connectivity index (χ3n) is 4.70. The van der Waals surface area contributed by atoms with Gasteiger partial charge in [0.05, 0.1) is 0 Å². The van der Waals surface area contributed by atoms with Crippen molar-refractivity contribution in [1.82, 2.24) is 4.90 Å². The summed E-state index contributed by atoms with van der Waals surface area (Å²) in [5.41, 5.74) is 6.43. The second kappa shape index (κ2) is 9.77. The van der Waals surface area contributed by atoms with Crippen LogP contribution in [0.5, 0.6) is 0 Å². The van der Waals surface area contributed by atoms with E-state index < -0.39 is 0 Å². The molecule has 0 amide bonds. The van der Waals surface area contributed by atoms with E-state index in [2.05, 4.69) is 46.4 Å². The zero-order chi connectivity index (χ0) is 14.9. The Bertz CT molecular complexity index is 209. The van der Waals surface area contributed by atoms with Crippen molar-refractivity contribution in [3.8, 4) is 0 Å². The average molecular weight is 271 g/mol. The van der Waals surface area contributed by atoms with Crippen LogP contribution >= 0.6 is 0 Å². The number of nitrogens with two attached hydrogens (primary N) is 1. The molecule has 0 saturated heterocycles. The van der Waals surface area contributed by atoms with E-state index in [0.29, 0.717) is 6.04 Å². The Labute approximate surface area is 122 Å². The van der Waals surface area contributed by atoms with Crippen molar-refractivity contribution in [2.75, 3.05) is 13.1 Å². The first-order chi connectivity index (χ1) is 8.97. The van der Waals surface area contributed by atoms with Crippen LogP contribution in [0.2, 0.25) is 0 Å². The van der Waals surface area contributed by atoms with E-state index in [4.69, 9.17) is 5.73 Å². The van der Waals surface area contributed by atoms with Crippen LogP contribution in [0.15, 0.2) is 0 Å². The molecule has 0 aliphatic rings. The van der Waals surface area contributed by atoms with Crippen LogP contribution in [-0.4, -0.2) is 29.6 Å². The molecule has 2 heteroatoms. The molecule has 0 aliphatic carbocycles. The van der Waals surface area contributed by atoms with E-state index in [-0.39, 0.29) is 5.54 Å². The number of unbranched alkanes of at least 4 members (excludes halogenated alkanes) is 2. The molecule has 2 unspecified atom stereocenters. The summed E-state index contributed by atoms with van der Waals surface area (Å²) in [5.74, 6) is 0.760. The number of nitrogens with zero attached hydrogens (tertiary/aromatic N) is 1. The predicted molar refractivity (Wildman–Crippen MR) is 87.5 cm³/mol. The summed E-state index contributed by atoms with van der Waals surface area (Å²) in [7, 11) is 0.